The minimum Gasteiger partial charge on any atom is -0.385 e. The van der Waals surface area contributed by atoms with Crippen LogP contribution in [0.25, 0.3) is 0 Å². The first-order valence-corrected chi connectivity index (χ1v) is 7.28. The van der Waals surface area contributed by atoms with Crippen LogP contribution in [0.2, 0.25) is 0 Å². The second kappa shape index (κ2) is 5.75. The van der Waals surface area contributed by atoms with Crippen LogP contribution in [0.1, 0.15) is 6.92 Å². The minimum atomic E-state index is -3.79. The predicted molar refractivity (Wildman–Crippen MR) is 73.7 cm³/mol. The van der Waals surface area contributed by atoms with Crippen LogP contribution in [0.3, 0.4) is 0 Å². The molecule has 2 aromatic carbocycles. The summed E-state index contributed by atoms with van der Waals surface area (Å²) < 4.78 is 29.1. The molecule has 0 saturated carbocycles. The van der Waals surface area contributed by atoms with Crippen molar-refractivity contribution in [2.75, 3.05) is 11.9 Å². The number of benzene rings is 2. The number of rotatable bonds is 5. The first kappa shape index (κ1) is 13.4. The fourth-order valence-electron chi connectivity index (χ4n) is 1.55. The number of hydrogen-bond acceptors (Lipinski definition) is 4. The Balaban J connectivity index is 2.23. The fourth-order valence-corrected chi connectivity index (χ4v) is 2.50. The van der Waals surface area contributed by atoms with Crippen molar-refractivity contribution >= 4 is 15.8 Å². The Morgan fingerprint density at radius 2 is 1.95 bits per heavy atom. The molecule has 0 heterocycles. The molecule has 4 nitrogen and oxygen atoms in total. The second-order valence-electron chi connectivity index (χ2n) is 3.82. The van der Waals surface area contributed by atoms with Crippen LogP contribution in [-0.2, 0) is 10.1 Å². The van der Waals surface area contributed by atoms with Gasteiger partial charge in [0.05, 0.1) is 0 Å². The summed E-state index contributed by atoms with van der Waals surface area (Å²) in [5.74, 6) is 0.263. The maximum Gasteiger partial charge on any atom is 0.339 e. The first-order chi connectivity index (χ1) is 9.12. The maximum absolute atomic E-state index is 12.0. The molecule has 0 amide bonds. The van der Waals surface area contributed by atoms with E-state index in [2.05, 4.69) is 11.4 Å². The molecule has 0 aliphatic carbocycles. The summed E-state index contributed by atoms with van der Waals surface area (Å²) in [6, 6.07) is 15.8. The standard InChI is InChI=1S/C14H14NO3S/c1-2-15-12-7-6-8-13(11-12)18-19(16,17)14-9-4-3-5-10-14/h3-6,8-11,15H,2H2,1H3. The van der Waals surface area contributed by atoms with Gasteiger partial charge in [-0.1, -0.05) is 18.2 Å². The van der Waals surface area contributed by atoms with E-state index in [4.69, 9.17) is 4.18 Å². The summed E-state index contributed by atoms with van der Waals surface area (Å²) in [4.78, 5) is 0.132. The maximum atomic E-state index is 12.0. The van der Waals surface area contributed by atoms with Crippen molar-refractivity contribution in [1.29, 1.82) is 0 Å². The molecular weight excluding hydrogens is 262 g/mol. The molecule has 2 aromatic rings. The molecule has 2 rings (SSSR count). The molecule has 1 N–H and O–H groups in total. The third-order valence-corrected chi connectivity index (χ3v) is 3.64. The van der Waals surface area contributed by atoms with Gasteiger partial charge >= 0.3 is 10.1 Å². The number of nitrogens with one attached hydrogen (secondary N) is 1. The highest BCUT2D eigenvalue weighted by molar-refractivity contribution is 7.87. The van der Waals surface area contributed by atoms with Gasteiger partial charge in [-0.25, -0.2) is 0 Å². The Kier molecular flexibility index (Phi) is 4.06. The van der Waals surface area contributed by atoms with E-state index in [1.807, 2.05) is 6.92 Å². The summed E-state index contributed by atoms with van der Waals surface area (Å²) in [7, 11) is -3.79. The predicted octanol–water partition coefficient (Wildman–Crippen LogP) is 2.69. The van der Waals surface area contributed by atoms with Crippen LogP contribution in [0.4, 0.5) is 5.69 Å². The molecule has 19 heavy (non-hydrogen) atoms. The summed E-state index contributed by atoms with van der Waals surface area (Å²) in [5.41, 5.74) is 0.697. The van der Waals surface area contributed by atoms with E-state index in [0.29, 0.717) is 5.69 Å². The highest BCUT2D eigenvalue weighted by atomic mass is 32.2. The van der Waals surface area contributed by atoms with Gasteiger partial charge in [-0.3, -0.25) is 0 Å². The summed E-state index contributed by atoms with van der Waals surface area (Å²) in [5, 5.41) is 3.04. The number of anilines is 1. The van der Waals surface area contributed by atoms with E-state index in [-0.39, 0.29) is 10.6 Å². The molecule has 0 aromatic heterocycles. The summed E-state index contributed by atoms with van der Waals surface area (Å²) in [6.45, 7) is 2.67. The molecule has 0 bridgehead atoms. The Morgan fingerprint density at radius 3 is 2.63 bits per heavy atom. The van der Waals surface area contributed by atoms with E-state index in [1.165, 1.54) is 12.1 Å². The molecule has 0 spiro atoms. The zero-order valence-electron chi connectivity index (χ0n) is 10.5. The zero-order valence-corrected chi connectivity index (χ0v) is 11.3. The lowest BCUT2D eigenvalue weighted by atomic mass is 10.3. The second-order valence-corrected chi connectivity index (χ2v) is 5.37. The van der Waals surface area contributed by atoms with E-state index >= 15 is 0 Å². The molecular formula is C14H14NO3S. The topological polar surface area (TPSA) is 55.4 Å². The molecule has 0 aliphatic rings. The van der Waals surface area contributed by atoms with Gasteiger partial charge in [0, 0.05) is 24.4 Å². The molecule has 1 radical (unpaired) electrons. The quantitative estimate of drug-likeness (QED) is 0.853. The van der Waals surface area contributed by atoms with Gasteiger partial charge in [0.2, 0.25) is 0 Å². The van der Waals surface area contributed by atoms with Crippen LogP contribution in [0.15, 0.2) is 53.4 Å². The highest BCUT2D eigenvalue weighted by Crippen LogP contribution is 2.21. The van der Waals surface area contributed by atoms with Crippen LogP contribution >= 0.6 is 0 Å². The average molecular weight is 276 g/mol. The van der Waals surface area contributed by atoms with Crippen molar-refractivity contribution in [3.05, 3.63) is 54.6 Å². The van der Waals surface area contributed by atoms with Gasteiger partial charge in [0.1, 0.15) is 10.6 Å². The van der Waals surface area contributed by atoms with E-state index in [1.54, 1.807) is 36.4 Å². The molecule has 0 aliphatic heterocycles. The summed E-state index contributed by atoms with van der Waals surface area (Å²) >= 11 is 0. The van der Waals surface area contributed by atoms with E-state index in [0.717, 1.165) is 6.54 Å². The first-order valence-electron chi connectivity index (χ1n) is 5.87. The lowest BCUT2D eigenvalue weighted by Crippen LogP contribution is -2.09. The Bertz CT molecular complexity index is 639. The van der Waals surface area contributed by atoms with Crippen molar-refractivity contribution in [1.82, 2.24) is 0 Å². The van der Waals surface area contributed by atoms with Crippen molar-refractivity contribution in [3.63, 3.8) is 0 Å². The number of hydrogen-bond donors (Lipinski definition) is 1. The molecule has 5 heteroatoms. The van der Waals surface area contributed by atoms with E-state index in [9.17, 15) is 8.42 Å². The van der Waals surface area contributed by atoms with Gasteiger partial charge in [0.15, 0.2) is 0 Å². The SMILES string of the molecule is CCNc1[c]ccc(OS(=O)(=O)c2ccccc2)c1. The molecule has 0 unspecified atom stereocenters. The van der Waals surface area contributed by atoms with Crippen molar-refractivity contribution in [2.45, 2.75) is 11.8 Å². The molecule has 0 saturated heterocycles. The van der Waals surface area contributed by atoms with Crippen molar-refractivity contribution < 1.29 is 12.6 Å². The van der Waals surface area contributed by atoms with Gasteiger partial charge in [-0.05, 0) is 31.2 Å². The van der Waals surface area contributed by atoms with Gasteiger partial charge in [0.25, 0.3) is 0 Å². The van der Waals surface area contributed by atoms with Gasteiger partial charge < -0.3 is 9.50 Å². The third kappa shape index (κ3) is 3.48. The lowest BCUT2D eigenvalue weighted by molar-refractivity contribution is 0.486. The largest absolute Gasteiger partial charge is 0.385 e. The normalized spacial score (nSPS) is 11.0. The van der Waals surface area contributed by atoms with Crippen molar-refractivity contribution in [3.8, 4) is 5.75 Å². The summed E-state index contributed by atoms with van der Waals surface area (Å²) in [6.07, 6.45) is 0. The molecule has 0 fully saturated rings. The van der Waals surface area contributed by atoms with Crippen LogP contribution in [0.5, 0.6) is 5.75 Å². The van der Waals surface area contributed by atoms with Crippen LogP contribution < -0.4 is 9.50 Å². The third-order valence-electron chi connectivity index (χ3n) is 2.38. The minimum absolute atomic E-state index is 0.132. The molecule has 99 valence electrons. The van der Waals surface area contributed by atoms with Crippen molar-refractivity contribution in [2.24, 2.45) is 0 Å². The van der Waals surface area contributed by atoms with Crippen LogP contribution in [0, 0.1) is 6.07 Å². The Morgan fingerprint density at radius 1 is 1.21 bits per heavy atom. The molecule has 0 atom stereocenters. The van der Waals surface area contributed by atoms with Gasteiger partial charge in [-0.2, -0.15) is 8.42 Å². The Labute approximate surface area is 113 Å². The monoisotopic (exact) mass is 276 g/mol. The Hall–Kier alpha value is -2.01. The highest BCUT2D eigenvalue weighted by Gasteiger charge is 2.15. The zero-order chi connectivity index (χ0) is 13.7. The van der Waals surface area contributed by atoms with Gasteiger partial charge in [-0.15, -0.1) is 0 Å². The smallest absolute Gasteiger partial charge is 0.339 e. The van der Waals surface area contributed by atoms with Crippen LogP contribution in [-0.4, -0.2) is 15.0 Å². The lowest BCUT2D eigenvalue weighted by Gasteiger charge is -2.08. The van der Waals surface area contributed by atoms with E-state index < -0.39 is 10.1 Å². The average Bonchev–Trinajstić information content (AvgIpc) is 2.40. The fraction of sp³-hybridized carbons (Fsp3) is 0.143.